The van der Waals surface area contributed by atoms with Crippen LogP contribution < -0.4 is 20.4 Å². The summed E-state index contributed by atoms with van der Waals surface area (Å²) in [4.78, 5) is 43.4. The van der Waals surface area contributed by atoms with Gasteiger partial charge in [0, 0.05) is 39.3 Å². The zero-order chi connectivity index (χ0) is 15.7. The molecular weight excluding hydrogens is 708 g/mol. The molecule has 0 aliphatic heterocycles. The maximum Gasteiger partial charge on any atom is 1.00 e. The van der Waals surface area contributed by atoms with Gasteiger partial charge in [-0.05, 0) is 0 Å². The van der Waals surface area contributed by atoms with E-state index in [1.165, 1.54) is 0 Å². The molecule has 0 unspecified atom stereocenters. The average Bonchev–Trinajstić information content (AvgIpc) is 2.22. The SMILES string of the molecule is O=C([O-])CN(CCN(CC(=O)[O-])CC(=O)[O-])CC(=O)[O-].[Ag+].[Ag+].[Ag+].[Ag+]. The van der Waals surface area contributed by atoms with Gasteiger partial charge in [-0.25, -0.2) is 0 Å². The van der Waals surface area contributed by atoms with Gasteiger partial charge in [-0.15, -0.1) is 0 Å². The van der Waals surface area contributed by atoms with Crippen molar-refractivity contribution >= 4 is 23.9 Å². The van der Waals surface area contributed by atoms with E-state index in [0.29, 0.717) is 0 Å². The molecule has 24 heavy (non-hydrogen) atoms. The van der Waals surface area contributed by atoms with Crippen LogP contribution in [0.4, 0.5) is 0 Å². The van der Waals surface area contributed by atoms with Crippen LogP contribution in [-0.4, -0.2) is 72.9 Å². The summed E-state index contributed by atoms with van der Waals surface area (Å²) >= 11 is 0. The topological polar surface area (TPSA) is 167 Å². The molecule has 10 nitrogen and oxygen atoms in total. The first kappa shape index (κ1) is 35.8. The van der Waals surface area contributed by atoms with Crippen molar-refractivity contribution in [1.29, 1.82) is 0 Å². The molecule has 0 radical (unpaired) electrons. The van der Waals surface area contributed by atoms with Crippen LogP contribution in [0.5, 0.6) is 0 Å². The minimum atomic E-state index is -1.53. The molecule has 0 aliphatic carbocycles. The first-order valence-corrected chi connectivity index (χ1v) is 5.44. The van der Waals surface area contributed by atoms with Crippen LogP contribution in [0.15, 0.2) is 0 Å². The summed E-state index contributed by atoms with van der Waals surface area (Å²) in [5.74, 6) is -6.12. The molecule has 0 saturated carbocycles. The zero-order valence-corrected chi connectivity index (χ0v) is 17.5. The summed E-state index contributed by atoms with van der Waals surface area (Å²) < 4.78 is 0. The predicted octanol–water partition coefficient (Wildman–Crippen LogP) is -7.42. The fourth-order valence-electron chi connectivity index (χ4n) is 1.44. The zero-order valence-electron chi connectivity index (χ0n) is 11.6. The van der Waals surface area contributed by atoms with Gasteiger partial charge >= 0.3 is 89.5 Å². The van der Waals surface area contributed by atoms with Gasteiger partial charge in [-0.1, -0.05) is 0 Å². The Labute approximate surface area is 200 Å². The largest absolute Gasteiger partial charge is 1.00 e. The Morgan fingerprint density at radius 2 is 0.667 bits per heavy atom. The molecule has 0 aromatic rings. The maximum absolute atomic E-state index is 10.4. The Hall–Kier alpha value is 0.761. The molecule has 0 spiro atoms. The quantitative estimate of drug-likeness (QED) is 0.187. The molecule has 0 atom stereocenters. The second-order valence-electron chi connectivity index (χ2n) is 3.91. The summed E-state index contributed by atoms with van der Waals surface area (Å²) in [6, 6.07) is 0. The van der Waals surface area contributed by atoms with Gasteiger partial charge in [0.15, 0.2) is 0 Å². The summed E-state index contributed by atoms with van der Waals surface area (Å²) in [6.07, 6.45) is 0. The van der Waals surface area contributed by atoms with Gasteiger partial charge in [0.2, 0.25) is 0 Å². The summed E-state index contributed by atoms with van der Waals surface area (Å²) in [5, 5.41) is 41.6. The van der Waals surface area contributed by atoms with E-state index in [2.05, 4.69) is 0 Å². The minimum Gasteiger partial charge on any atom is -0.549 e. The number of aliphatic carboxylic acids is 4. The average molecular weight is 720 g/mol. The van der Waals surface area contributed by atoms with Crippen molar-refractivity contribution in [2.45, 2.75) is 0 Å². The number of carbonyl (C=O) groups is 4. The number of hydrogen-bond donors (Lipinski definition) is 0. The van der Waals surface area contributed by atoms with E-state index in [4.69, 9.17) is 0 Å². The summed E-state index contributed by atoms with van der Waals surface area (Å²) in [6.45, 7) is -3.25. The van der Waals surface area contributed by atoms with Gasteiger partial charge in [0.05, 0.1) is 23.9 Å². The standard InChI is InChI=1S/C10H16N2O8.4Ag/c13-7(14)3-11(4-8(15)16)1-2-12(5-9(17)18)6-10(19)20;;;;/h1-6H2,(H,13,14)(H,15,16)(H,17,18)(H,19,20);;;;/q;4*+1/p-4. The van der Waals surface area contributed by atoms with Crippen LogP contribution in [0.3, 0.4) is 0 Å². The smallest absolute Gasteiger partial charge is 0.549 e. The molecule has 154 valence electrons. The Kier molecular flexibility index (Phi) is 29.9. The monoisotopic (exact) mass is 716 g/mol. The molecule has 0 aliphatic rings. The van der Waals surface area contributed by atoms with Gasteiger partial charge in [0.1, 0.15) is 0 Å². The van der Waals surface area contributed by atoms with Crippen molar-refractivity contribution in [3.63, 3.8) is 0 Å². The van der Waals surface area contributed by atoms with E-state index in [1.807, 2.05) is 0 Å². The number of carboxylic acids is 4. The van der Waals surface area contributed by atoms with E-state index in [-0.39, 0.29) is 103 Å². The van der Waals surface area contributed by atoms with Gasteiger partial charge in [0.25, 0.3) is 0 Å². The molecule has 0 amide bonds. The number of nitrogens with zero attached hydrogens (tertiary/aromatic N) is 2. The van der Waals surface area contributed by atoms with Crippen LogP contribution >= 0.6 is 0 Å². The number of hydrogen-bond acceptors (Lipinski definition) is 10. The minimum absolute atomic E-state index is 0. The first-order chi connectivity index (χ1) is 9.20. The molecule has 0 saturated heterocycles. The van der Waals surface area contributed by atoms with Crippen LogP contribution in [-0.2, 0) is 109 Å². The molecule has 0 heterocycles. The van der Waals surface area contributed by atoms with Crippen LogP contribution in [0.25, 0.3) is 0 Å². The van der Waals surface area contributed by atoms with E-state index in [1.54, 1.807) is 0 Å². The maximum atomic E-state index is 10.4. The van der Waals surface area contributed by atoms with E-state index in [9.17, 15) is 39.6 Å². The Morgan fingerprint density at radius 1 is 0.500 bits per heavy atom. The molecular formula is C10H12Ag4N2O8. The summed E-state index contributed by atoms with van der Waals surface area (Å²) in [7, 11) is 0. The molecule has 14 heteroatoms. The van der Waals surface area contributed by atoms with Crippen molar-refractivity contribution in [2.75, 3.05) is 39.3 Å². The van der Waals surface area contributed by atoms with E-state index in [0.717, 1.165) is 9.80 Å². The van der Waals surface area contributed by atoms with Gasteiger partial charge in [-0.2, -0.15) is 0 Å². The Balaban J connectivity index is -0.000000301. The molecule has 0 bridgehead atoms. The van der Waals surface area contributed by atoms with Crippen molar-refractivity contribution in [3.8, 4) is 0 Å². The molecule has 0 aromatic carbocycles. The molecule has 0 rings (SSSR count). The van der Waals surface area contributed by atoms with Crippen molar-refractivity contribution in [3.05, 3.63) is 0 Å². The summed E-state index contributed by atoms with van der Waals surface area (Å²) in [5.41, 5.74) is 0. The molecule has 0 N–H and O–H groups in total. The van der Waals surface area contributed by atoms with Crippen molar-refractivity contribution in [2.24, 2.45) is 0 Å². The van der Waals surface area contributed by atoms with Crippen LogP contribution in [0.2, 0.25) is 0 Å². The second kappa shape index (κ2) is 20.1. The second-order valence-corrected chi connectivity index (χ2v) is 3.91. The van der Waals surface area contributed by atoms with Gasteiger partial charge in [-0.3, -0.25) is 9.80 Å². The molecule has 0 aromatic heterocycles. The first-order valence-electron chi connectivity index (χ1n) is 5.44. The van der Waals surface area contributed by atoms with Gasteiger partial charge < -0.3 is 39.6 Å². The fourth-order valence-corrected chi connectivity index (χ4v) is 1.44. The Bertz CT molecular complexity index is 331. The third-order valence-electron chi connectivity index (χ3n) is 2.14. The van der Waals surface area contributed by atoms with E-state index >= 15 is 0 Å². The van der Waals surface area contributed by atoms with Crippen LogP contribution in [0.1, 0.15) is 0 Å². The third-order valence-corrected chi connectivity index (χ3v) is 2.14. The van der Waals surface area contributed by atoms with Crippen molar-refractivity contribution < 1.29 is 129 Å². The fraction of sp³-hybridized carbons (Fsp3) is 0.600. The predicted molar refractivity (Wildman–Crippen MR) is 52.9 cm³/mol. The number of carbonyl (C=O) groups excluding carboxylic acids is 4. The van der Waals surface area contributed by atoms with Crippen LogP contribution in [0, 0.1) is 0 Å². The normalized spacial score (nSPS) is 8.92. The number of carboxylic acid groups (broad SMARTS) is 4. The number of rotatable bonds is 11. The Morgan fingerprint density at radius 3 is 0.792 bits per heavy atom. The van der Waals surface area contributed by atoms with Crippen molar-refractivity contribution in [1.82, 2.24) is 9.80 Å². The molecule has 0 fully saturated rings. The third kappa shape index (κ3) is 22.8. The van der Waals surface area contributed by atoms with E-state index < -0.39 is 50.1 Å².